The van der Waals surface area contributed by atoms with Gasteiger partial charge in [0, 0.05) is 11.9 Å². The molecular formula is C11H11N3. The predicted octanol–water partition coefficient (Wildman–Crippen LogP) is 2.39. The smallest absolute Gasteiger partial charge is 0.106 e. The van der Waals surface area contributed by atoms with Crippen molar-refractivity contribution >= 4 is 11.0 Å². The molecule has 0 aromatic carbocycles. The van der Waals surface area contributed by atoms with E-state index < -0.39 is 0 Å². The number of aromatic nitrogens is 2. The molecule has 2 aromatic rings. The molecule has 0 saturated carbocycles. The minimum Gasteiger partial charge on any atom is -0.356 e. The van der Waals surface area contributed by atoms with Crippen molar-refractivity contribution in [3.63, 3.8) is 0 Å². The van der Waals surface area contributed by atoms with Crippen LogP contribution in [0.2, 0.25) is 0 Å². The van der Waals surface area contributed by atoms with Crippen molar-refractivity contribution in [2.24, 2.45) is 0 Å². The first-order valence-electron chi connectivity index (χ1n) is 4.72. The first-order valence-corrected chi connectivity index (χ1v) is 4.72. The lowest BCUT2D eigenvalue weighted by atomic mass is 10.1. The van der Waals surface area contributed by atoms with Gasteiger partial charge in [-0.2, -0.15) is 5.26 Å². The number of pyridine rings is 1. The van der Waals surface area contributed by atoms with Gasteiger partial charge in [0.25, 0.3) is 0 Å². The highest BCUT2D eigenvalue weighted by Crippen LogP contribution is 2.19. The minimum absolute atomic E-state index is 0.697. The number of aromatic amines is 1. The summed E-state index contributed by atoms with van der Waals surface area (Å²) in [5.74, 6) is 0. The van der Waals surface area contributed by atoms with Crippen LogP contribution < -0.4 is 0 Å². The molecule has 0 spiro atoms. The minimum atomic E-state index is 0.697. The highest BCUT2D eigenvalue weighted by molar-refractivity contribution is 5.83. The molecule has 1 N–H and O–H groups in total. The summed E-state index contributed by atoms with van der Waals surface area (Å²) in [5.41, 5.74) is 3.44. The average Bonchev–Trinajstić information content (AvgIpc) is 2.55. The largest absolute Gasteiger partial charge is 0.356 e. The van der Waals surface area contributed by atoms with Crippen LogP contribution in [-0.4, -0.2) is 9.97 Å². The molecule has 3 nitrogen and oxygen atoms in total. The zero-order valence-corrected chi connectivity index (χ0v) is 8.04. The number of aryl methyl sites for hydroxylation is 1. The molecule has 0 amide bonds. The maximum Gasteiger partial charge on any atom is 0.106 e. The van der Waals surface area contributed by atoms with Crippen LogP contribution in [0, 0.1) is 11.3 Å². The molecule has 0 fully saturated rings. The Bertz CT molecular complexity index is 491. The van der Waals surface area contributed by atoms with Gasteiger partial charge in [0.05, 0.1) is 11.1 Å². The van der Waals surface area contributed by atoms with Crippen molar-refractivity contribution in [2.75, 3.05) is 0 Å². The lowest BCUT2D eigenvalue weighted by molar-refractivity contribution is 0.893. The molecule has 2 heterocycles. The molecule has 0 aliphatic carbocycles. The Morgan fingerprint density at radius 2 is 2.43 bits per heavy atom. The van der Waals surface area contributed by atoms with Crippen LogP contribution in [-0.2, 0) is 6.42 Å². The van der Waals surface area contributed by atoms with Gasteiger partial charge < -0.3 is 4.98 Å². The Morgan fingerprint density at radius 1 is 1.57 bits per heavy atom. The summed E-state index contributed by atoms with van der Waals surface area (Å²) in [4.78, 5) is 7.43. The highest BCUT2D eigenvalue weighted by atomic mass is 14.8. The van der Waals surface area contributed by atoms with E-state index in [9.17, 15) is 0 Å². The molecule has 0 bridgehead atoms. The maximum atomic E-state index is 9.02. The Morgan fingerprint density at radius 3 is 3.14 bits per heavy atom. The van der Waals surface area contributed by atoms with Gasteiger partial charge in [-0.3, -0.25) is 4.98 Å². The molecule has 0 saturated heterocycles. The summed E-state index contributed by atoms with van der Waals surface area (Å²) in [6.45, 7) is 2.10. The molecule has 14 heavy (non-hydrogen) atoms. The van der Waals surface area contributed by atoms with Crippen LogP contribution in [0.1, 0.15) is 24.6 Å². The molecule has 70 valence electrons. The molecular weight excluding hydrogens is 174 g/mol. The fourth-order valence-corrected chi connectivity index (χ4v) is 1.63. The Kier molecular flexibility index (Phi) is 2.19. The van der Waals surface area contributed by atoms with Crippen molar-refractivity contribution in [3.8, 4) is 6.07 Å². The molecule has 0 aliphatic heterocycles. The predicted molar refractivity (Wildman–Crippen MR) is 54.8 cm³/mol. The first kappa shape index (κ1) is 8.76. The van der Waals surface area contributed by atoms with E-state index in [-0.39, 0.29) is 0 Å². The highest BCUT2D eigenvalue weighted by Gasteiger charge is 2.10. The number of nitriles is 1. The number of fused-ring (bicyclic) bond motifs is 1. The van der Waals surface area contributed by atoms with E-state index in [1.165, 1.54) is 0 Å². The molecule has 2 aromatic heterocycles. The number of nitrogens with zero attached hydrogens (tertiary/aromatic N) is 2. The van der Waals surface area contributed by atoms with Gasteiger partial charge in [-0.15, -0.1) is 0 Å². The topological polar surface area (TPSA) is 52.5 Å². The fraction of sp³-hybridized carbons (Fsp3) is 0.273. The summed E-state index contributed by atoms with van der Waals surface area (Å²) < 4.78 is 0. The van der Waals surface area contributed by atoms with E-state index in [2.05, 4.69) is 23.0 Å². The van der Waals surface area contributed by atoms with E-state index in [4.69, 9.17) is 5.26 Å². The third-order valence-corrected chi connectivity index (χ3v) is 2.24. The Hall–Kier alpha value is -1.82. The Balaban J connectivity index is 2.68. The molecule has 0 atom stereocenters. The second-order valence-electron chi connectivity index (χ2n) is 3.24. The van der Waals surface area contributed by atoms with Crippen LogP contribution in [0.3, 0.4) is 0 Å². The van der Waals surface area contributed by atoms with E-state index in [1.807, 2.05) is 12.1 Å². The van der Waals surface area contributed by atoms with Gasteiger partial charge in [-0.05, 0) is 18.6 Å². The van der Waals surface area contributed by atoms with Gasteiger partial charge in [-0.25, -0.2) is 0 Å². The summed E-state index contributed by atoms with van der Waals surface area (Å²) in [7, 11) is 0. The monoisotopic (exact) mass is 185 g/mol. The van der Waals surface area contributed by atoms with Crippen molar-refractivity contribution in [2.45, 2.75) is 19.8 Å². The van der Waals surface area contributed by atoms with Crippen molar-refractivity contribution in [3.05, 3.63) is 29.6 Å². The average molecular weight is 185 g/mol. The summed E-state index contributed by atoms with van der Waals surface area (Å²) in [5, 5.41) is 9.02. The zero-order chi connectivity index (χ0) is 9.97. The Labute approximate surface area is 82.4 Å². The van der Waals surface area contributed by atoms with Crippen LogP contribution >= 0.6 is 0 Å². The number of hydrogen-bond acceptors (Lipinski definition) is 2. The second kappa shape index (κ2) is 3.51. The van der Waals surface area contributed by atoms with Gasteiger partial charge in [-0.1, -0.05) is 13.3 Å². The van der Waals surface area contributed by atoms with Crippen molar-refractivity contribution in [1.82, 2.24) is 9.97 Å². The zero-order valence-electron chi connectivity index (χ0n) is 8.04. The summed E-state index contributed by atoms with van der Waals surface area (Å²) in [6, 6.07) is 6.03. The molecule has 2 rings (SSSR count). The van der Waals surface area contributed by atoms with Crippen molar-refractivity contribution in [1.29, 1.82) is 5.26 Å². The van der Waals surface area contributed by atoms with Crippen LogP contribution in [0.4, 0.5) is 0 Å². The van der Waals surface area contributed by atoms with Crippen molar-refractivity contribution < 1.29 is 0 Å². The third kappa shape index (κ3) is 1.25. The van der Waals surface area contributed by atoms with E-state index in [1.54, 1.807) is 6.20 Å². The fourth-order valence-electron chi connectivity index (χ4n) is 1.63. The van der Waals surface area contributed by atoms with Gasteiger partial charge in [0.15, 0.2) is 0 Å². The molecule has 3 heteroatoms. The van der Waals surface area contributed by atoms with Gasteiger partial charge in [0.2, 0.25) is 0 Å². The van der Waals surface area contributed by atoms with Crippen LogP contribution in [0.15, 0.2) is 18.3 Å². The van der Waals surface area contributed by atoms with Crippen LogP contribution in [0.25, 0.3) is 11.0 Å². The number of nitrogens with one attached hydrogen (secondary N) is 1. The quantitative estimate of drug-likeness (QED) is 0.780. The van der Waals surface area contributed by atoms with Gasteiger partial charge >= 0.3 is 0 Å². The number of hydrogen-bond donors (Lipinski definition) is 1. The van der Waals surface area contributed by atoms with E-state index >= 15 is 0 Å². The normalized spacial score (nSPS) is 10.3. The van der Waals surface area contributed by atoms with E-state index in [0.717, 1.165) is 29.6 Å². The maximum absolute atomic E-state index is 9.02. The lowest BCUT2D eigenvalue weighted by Gasteiger charge is -1.92. The molecule has 0 unspecified atom stereocenters. The first-order chi connectivity index (χ1) is 6.86. The third-order valence-electron chi connectivity index (χ3n) is 2.24. The standard InChI is InChI=1S/C11H11N3/c1-2-4-9-8(7-12)11-10(14-9)5-3-6-13-11/h3,5-6,14H,2,4H2,1H3. The SMILES string of the molecule is CCCc1[nH]c2cccnc2c1C#N. The van der Waals surface area contributed by atoms with E-state index in [0.29, 0.717) is 5.56 Å². The summed E-state index contributed by atoms with van der Waals surface area (Å²) >= 11 is 0. The molecule has 0 radical (unpaired) electrons. The molecule has 0 aliphatic rings. The summed E-state index contributed by atoms with van der Waals surface area (Å²) in [6.07, 6.45) is 3.65. The second-order valence-corrected chi connectivity index (χ2v) is 3.24. The van der Waals surface area contributed by atoms with Gasteiger partial charge in [0.1, 0.15) is 11.6 Å². The number of H-pyrrole nitrogens is 1. The van der Waals surface area contributed by atoms with Crippen LogP contribution in [0.5, 0.6) is 0 Å². The lowest BCUT2D eigenvalue weighted by Crippen LogP contribution is -1.86. The number of rotatable bonds is 2.